The van der Waals surface area contributed by atoms with Crippen LogP contribution in [-0.4, -0.2) is 16.4 Å². The highest BCUT2D eigenvalue weighted by molar-refractivity contribution is 9.10. The third kappa shape index (κ3) is 2.40. The maximum absolute atomic E-state index is 10.4. The van der Waals surface area contributed by atoms with Crippen LogP contribution in [0.1, 0.15) is 0 Å². The van der Waals surface area contributed by atoms with Crippen molar-refractivity contribution < 1.29 is 14.4 Å². The molecule has 0 bridgehead atoms. The van der Waals surface area contributed by atoms with Gasteiger partial charge in [-0.15, -0.1) is 0 Å². The summed E-state index contributed by atoms with van der Waals surface area (Å²) in [6, 6.07) is 8.99. The van der Waals surface area contributed by atoms with E-state index in [4.69, 9.17) is 9.63 Å². The molecular weight excluding hydrogens is 276 g/mol. The molecule has 1 aromatic heterocycles. The van der Waals surface area contributed by atoms with Gasteiger partial charge in [-0.05, 0) is 12.1 Å². The van der Waals surface area contributed by atoms with Crippen molar-refractivity contribution in [3.8, 4) is 11.3 Å². The molecule has 0 radical (unpaired) electrons. The Morgan fingerprint density at radius 2 is 2.25 bits per heavy atom. The molecule has 0 aliphatic carbocycles. The summed E-state index contributed by atoms with van der Waals surface area (Å²) in [6.07, 6.45) is -1.18. The molecule has 0 saturated heterocycles. The molecule has 0 unspecified atom stereocenters. The van der Waals surface area contributed by atoms with Gasteiger partial charge in [0.1, 0.15) is 5.69 Å². The summed E-state index contributed by atoms with van der Waals surface area (Å²) in [5.74, 6) is 0.0995. The molecule has 0 spiro atoms. The molecule has 0 atom stereocenters. The van der Waals surface area contributed by atoms with E-state index in [1.54, 1.807) is 0 Å². The van der Waals surface area contributed by atoms with Crippen LogP contribution >= 0.6 is 15.9 Å². The SMILES string of the molecule is O=C(O)Nc1cc(-c2cccc(Br)c2)no1. The predicted molar refractivity (Wildman–Crippen MR) is 61.3 cm³/mol. The maximum Gasteiger partial charge on any atom is 0.411 e. The van der Waals surface area contributed by atoms with Crippen LogP contribution in [0, 0.1) is 0 Å². The number of amides is 1. The summed E-state index contributed by atoms with van der Waals surface area (Å²) in [7, 11) is 0. The Balaban J connectivity index is 2.28. The average molecular weight is 283 g/mol. The fraction of sp³-hybridized carbons (Fsp3) is 0. The molecule has 0 saturated carbocycles. The largest absolute Gasteiger partial charge is 0.465 e. The van der Waals surface area contributed by atoms with Crippen molar-refractivity contribution in [2.75, 3.05) is 5.32 Å². The van der Waals surface area contributed by atoms with Crippen LogP contribution in [0.4, 0.5) is 10.7 Å². The first-order valence-corrected chi connectivity index (χ1v) is 5.17. The normalized spacial score (nSPS) is 10.1. The highest BCUT2D eigenvalue weighted by Crippen LogP contribution is 2.24. The number of carboxylic acid groups (broad SMARTS) is 1. The summed E-state index contributed by atoms with van der Waals surface area (Å²) >= 11 is 3.34. The Kier molecular flexibility index (Phi) is 2.91. The first-order chi connectivity index (χ1) is 7.65. The fourth-order valence-electron chi connectivity index (χ4n) is 1.22. The van der Waals surface area contributed by atoms with Gasteiger partial charge >= 0.3 is 6.09 Å². The maximum atomic E-state index is 10.4. The predicted octanol–water partition coefficient (Wildman–Crippen LogP) is 3.19. The van der Waals surface area contributed by atoms with Crippen molar-refractivity contribution in [3.05, 3.63) is 34.8 Å². The van der Waals surface area contributed by atoms with Crippen molar-refractivity contribution in [3.63, 3.8) is 0 Å². The Labute approximate surface area is 99.2 Å². The molecule has 1 amide bonds. The number of benzene rings is 1. The molecule has 1 aromatic carbocycles. The number of anilines is 1. The van der Waals surface area contributed by atoms with E-state index >= 15 is 0 Å². The Hall–Kier alpha value is -1.82. The van der Waals surface area contributed by atoms with Crippen LogP contribution < -0.4 is 5.32 Å². The summed E-state index contributed by atoms with van der Waals surface area (Å²) < 4.78 is 5.73. The van der Waals surface area contributed by atoms with Crippen LogP contribution in [0.5, 0.6) is 0 Å². The second kappa shape index (κ2) is 4.36. The Morgan fingerprint density at radius 1 is 1.44 bits per heavy atom. The lowest BCUT2D eigenvalue weighted by Gasteiger charge is -1.94. The van der Waals surface area contributed by atoms with E-state index in [-0.39, 0.29) is 5.88 Å². The van der Waals surface area contributed by atoms with Gasteiger partial charge in [-0.25, -0.2) is 4.79 Å². The quantitative estimate of drug-likeness (QED) is 0.887. The Bertz CT molecular complexity index is 524. The molecule has 0 aliphatic rings. The first-order valence-electron chi connectivity index (χ1n) is 4.38. The third-order valence-electron chi connectivity index (χ3n) is 1.86. The van der Waals surface area contributed by atoms with E-state index in [1.165, 1.54) is 6.07 Å². The monoisotopic (exact) mass is 282 g/mol. The van der Waals surface area contributed by atoms with Crippen LogP contribution in [0.3, 0.4) is 0 Å². The zero-order chi connectivity index (χ0) is 11.5. The van der Waals surface area contributed by atoms with Gasteiger partial charge in [0.2, 0.25) is 5.88 Å². The van der Waals surface area contributed by atoms with Crippen LogP contribution in [-0.2, 0) is 0 Å². The van der Waals surface area contributed by atoms with Crippen molar-refractivity contribution in [1.29, 1.82) is 0 Å². The van der Waals surface area contributed by atoms with Gasteiger partial charge in [-0.2, -0.15) is 0 Å². The number of aromatic nitrogens is 1. The van der Waals surface area contributed by atoms with Gasteiger partial charge in [0.15, 0.2) is 0 Å². The van der Waals surface area contributed by atoms with Gasteiger partial charge in [0.05, 0.1) is 0 Å². The van der Waals surface area contributed by atoms with E-state index in [0.717, 1.165) is 10.0 Å². The summed E-state index contributed by atoms with van der Waals surface area (Å²) in [5.41, 5.74) is 1.42. The fourth-order valence-corrected chi connectivity index (χ4v) is 1.62. The van der Waals surface area contributed by atoms with Crippen LogP contribution in [0.15, 0.2) is 39.3 Å². The minimum absolute atomic E-state index is 0.0995. The number of halogens is 1. The van der Waals surface area contributed by atoms with Crippen molar-refractivity contribution in [1.82, 2.24) is 5.16 Å². The standard InChI is InChI=1S/C10H7BrN2O3/c11-7-3-1-2-6(4-7)8-5-9(16-13-8)12-10(14)15/h1-5,12H,(H,14,15). The minimum Gasteiger partial charge on any atom is -0.465 e. The molecule has 0 fully saturated rings. The minimum atomic E-state index is -1.18. The van der Waals surface area contributed by atoms with Crippen molar-refractivity contribution >= 4 is 27.9 Å². The molecule has 6 heteroatoms. The molecule has 82 valence electrons. The summed E-state index contributed by atoms with van der Waals surface area (Å²) in [6.45, 7) is 0. The second-order valence-corrected chi connectivity index (χ2v) is 3.93. The van der Waals surface area contributed by atoms with Crippen LogP contribution in [0.25, 0.3) is 11.3 Å². The van der Waals surface area contributed by atoms with E-state index in [1.807, 2.05) is 24.3 Å². The van der Waals surface area contributed by atoms with E-state index in [2.05, 4.69) is 26.4 Å². The first kappa shape index (κ1) is 10.7. The highest BCUT2D eigenvalue weighted by atomic mass is 79.9. The number of nitrogens with zero attached hydrogens (tertiary/aromatic N) is 1. The third-order valence-corrected chi connectivity index (χ3v) is 2.35. The molecular formula is C10H7BrN2O3. The van der Waals surface area contributed by atoms with Crippen molar-refractivity contribution in [2.45, 2.75) is 0 Å². The molecule has 2 aromatic rings. The van der Waals surface area contributed by atoms with Crippen LogP contribution in [0.2, 0.25) is 0 Å². The molecule has 5 nitrogen and oxygen atoms in total. The number of hydrogen-bond donors (Lipinski definition) is 2. The average Bonchev–Trinajstić information content (AvgIpc) is 2.65. The molecule has 2 N–H and O–H groups in total. The van der Waals surface area contributed by atoms with Gasteiger partial charge in [-0.1, -0.05) is 33.2 Å². The lowest BCUT2D eigenvalue weighted by atomic mass is 10.2. The number of carbonyl (C=O) groups is 1. The summed E-state index contributed by atoms with van der Waals surface area (Å²) in [5, 5.41) is 14.3. The number of nitrogens with one attached hydrogen (secondary N) is 1. The number of rotatable bonds is 2. The van der Waals surface area contributed by atoms with E-state index < -0.39 is 6.09 Å². The molecule has 1 heterocycles. The van der Waals surface area contributed by atoms with E-state index in [9.17, 15) is 4.79 Å². The Morgan fingerprint density at radius 3 is 2.94 bits per heavy atom. The van der Waals surface area contributed by atoms with Crippen molar-refractivity contribution in [2.24, 2.45) is 0 Å². The lowest BCUT2D eigenvalue weighted by molar-refractivity contribution is 0.208. The smallest absolute Gasteiger partial charge is 0.411 e. The topological polar surface area (TPSA) is 75.4 Å². The molecule has 0 aliphatic heterocycles. The molecule has 2 rings (SSSR count). The lowest BCUT2D eigenvalue weighted by Crippen LogP contribution is -2.05. The second-order valence-electron chi connectivity index (χ2n) is 3.02. The molecule has 16 heavy (non-hydrogen) atoms. The van der Waals surface area contributed by atoms with Gasteiger partial charge in [0, 0.05) is 16.1 Å². The van der Waals surface area contributed by atoms with Gasteiger partial charge in [0.25, 0.3) is 0 Å². The number of hydrogen-bond acceptors (Lipinski definition) is 3. The zero-order valence-electron chi connectivity index (χ0n) is 7.98. The zero-order valence-corrected chi connectivity index (χ0v) is 9.56. The van der Waals surface area contributed by atoms with Gasteiger partial charge < -0.3 is 9.63 Å². The van der Waals surface area contributed by atoms with E-state index in [0.29, 0.717) is 5.69 Å². The van der Waals surface area contributed by atoms with Gasteiger partial charge in [-0.3, -0.25) is 5.32 Å². The summed E-state index contributed by atoms with van der Waals surface area (Å²) in [4.78, 5) is 10.4. The highest BCUT2D eigenvalue weighted by Gasteiger charge is 2.08.